The zero-order valence-electron chi connectivity index (χ0n) is 16.8. The van der Waals surface area contributed by atoms with Crippen LogP contribution >= 0.6 is 0 Å². The van der Waals surface area contributed by atoms with Crippen LogP contribution in [-0.4, -0.2) is 41.3 Å². The molecule has 0 aromatic carbocycles. The van der Waals surface area contributed by atoms with Crippen LogP contribution in [0.4, 0.5) is 0 Å². The number of hydrogen-bond acceptors (Lipinski definition) is 3. The van der Waals surface area contributed by atoms with E-state index in [1.54, 1.807) is 6.20 Å². The second kappa shape index (κ2) is 6.16. The third-order valence-electron chi connectivity index (χ3n) is 7.70. The summed E-state index contributed by atoms with van der Waals surface area (Å²) < 4.78 is 0. The molecule has 5 nitrogen and oxygen atoms in total. The molecule has 1 aromatic rings. The Labute approximate surface area is 166 Å². The molecule has 2 amide bonds. The lowest BCUT2D eigenvalue weighted by atomic mass is 9.90. The number of rotatable bonds is 4. The molecule has 0 radical (unpaired) electrons. The number of aromatic nitrogens is 1. The van der Waals surface area contributed by atoms with Gasteiger partial charge in [0, 0.05) is 49.9 Å². The number of fused-ring (bicyclic) bond motifs is 1. The maximum absolute atomic E-state index is 12.6. The summed E-state index contributed by atoms with van der Waals surface area (Å²) in [4.78, 5) is 31.4. The van der Waals surface area contributed by atoms with Crippen molar-refractivity contribution in [3.05, 3.63) is 35.2 Å². The normalized spacial score (nSPS) is 28.5. The minimum absolute atomic E-state index is 0.0572. The number of likely N-dealkylation sites (tertiary alicyclic amines) is 1. The topological polar surface area (TPSA) is 62.3 Å². The zero-order valence-corrected chi connectivity index (χ0v) is 16.8. The summed E-state index contributed by atoms with van der Waals surface area (Å²) in [5.41, 5.74) is 3.65. The van der Waals surface area contributed by atoms with Gasteiger partial charge in [-0.1, -0.05) is 13.8 Å². The van der Waals surface area contributed by atoms with Crippen LogP contribution in [0.3, 0.4) is 0 Å². The maximum atomic E-state index is 12.6. The molecule has 4 aliphatic rings. The highest BCUT2D eigenvalue weighted by Crippen LogP contribution is 2.60. The second-order valence-electron chi connectivity index (χ2n) is 9.96. The summed E-state index contributed by atoms with van der Waals surface area (Å²) in [6, 6.07) is 1.99. The summed E-state index contributed by atoms with van der Waals surface area (Å²) >= 11 is 0. The van der Waals surface area contributed by atoms with Gasteiger partial charge >= 0.3 is 0 Å². The molecule has 2 heterocycles. The lowest BCUT2D eigenvalue weighted by Crippen LogP contribution is -2.41. The number of nitrogens with zero attached hydrogens (tertiary/aromatic N) is 2. The minimum atomic E-state index is 0.0572. The fourth-order valence-electron chi connectivity index (χ4n) is 5.26. The maximum Gasteiger partial charge on any atom is 0.247 e. The molecule has 5 heteroatoms. The largest absolute Gasteiger partial charge is 0.352 e. The van der Waals surface area contributed by atoms with Crippen LogP contribution in [0, 0.1) is 22.7 Å². The van der Waals surface area contributed by atoms with Crippen LogP contribution in [0.1, 0.15) is 50.7 Å². The molecule has 1 N–H and O–H groups in total. The van der Waals surface area contributed by atoms with E-state index in [0.29, 0.717) is 23.7 Å². The molecule has 1 spiro atoms. The highest BCUT2D eigenvalue weighted by molar-refractivity contribution is 6.00. The van der Waals surface area contributed by atoms with Crippen molar-refractivity contribution in [2.75, 3.05) is 19.6 Å². The number of piperidine rings is 1. The predicted molar refractivity (Wildman–Crippen MR) is 107 cm³/mol. The molecule has 2 saturated carbocycles. The van der Waals surface area contributed by atoms with Crippen molar-refractivity contribution in [3.8, 4) is 0 Å². The van der Waals surface area contributed by atoms with Crippen molar-refractivity contribution < 1.29 is 9.59 Å². The van der Waals surface area contributed by atoms with Gasteiger partial charge in [0.15, 0.2) is 0 Å². The van der Waals surface area contributed by atoms with Crippen molar-refractivity contribution in [3.63, 3.8) is 0 Å². The van der Waals surface area contributed by atoms with E-state index in [-0.39, 0.29) is 17.2 Å². The number of pyridine rings is 1. The van der Waals surface area contributed by atoms with Crippen LogP contribution in [0.15, 0.2) is 24.0 Å². The smallest absolute Gasteiger partial charge is 0.247 e. The third kappa shape index (κ3) is 3.05. The Kier molecular flexibility index (Phi) is 3.94. The van der Waals surface area contributed by atoms with Gasteiger partial charge in [0.25, 0.3) is 0 Å². The molecule has 3 fully saturated rings. The van der Waals surface area contributed by atoms with E-state index in [1.165, 1.54) is 12.0 Å². The average molecular weight is 380 g/mol. The molecule has 1 saturated heterocycles. The monoisotopic (exact) mass is 379 g/mol. The van der Waals surface area contributed by atoms with Gasteiger partial charge in [-0.25, -0.2) is 0 Å². The number of hydrogen-bond donors (Lipinski definition) is 1. The second-order valence-corrected chi connectivity index (χ2v) is 9.96. The molecule has 1 aliphatic heterocycles. The SMILES string of the molecule is CC1(C)CC1C(=O)N1CCC2(CC1)CC2CNC(=O)C1=Cc2cnccc2C1. The molecule has 5 rings (SSSR count). The van der Waals surface area contributed by atoms with Crippen LogP contribution in [0.5, 0.6) is 0 Å². The van der Waals surface area contributed by atoms with Crippen molar-refractivity contribution in [2.24, 2.45) is 22.7 Å². The van der Waals surface area contributed by atoms with Gasteiger partial charge in [-0.05, 0) is 65.7 Å². The first-order valence-corrected chi connectivity index (χ1v) is 10.6. The molecule has 3 aliphatic carbocycles. The van der Waals surface area contributed by atoms with Crippen molar-refractivity contribution >= 4 is 17.9 Å². The summed E-state index contributed by atoms with van der Waals surface area (Å²) in [7, 11) is 0. The first kappa shape index (κ1) is 17.9. The van der Waals surface area contributed by atoms with Crippen molar-refractivity contribution in [1.29, 1.82) is 0 Å². The van der Waals surface area contributed by atoms with Crippen LogP contribution in [-0.2, 0) is 16.0 Å². The zero-order chi connectivity index (χ0) is 19.5. The van der Waals surface area contributed by atoms with Gasteiger partial charge in [0.1, 0.15) is 0 Å². The van der Waals surface area contributed by atoms with Gasteiger partial charge in [0.2, 0.25) is 11.8 Å². The van der Waals surface area contributed by atoms with E-state index >= 15 is 0 Å². The van der Waals surface area contributed by atoms with E-state index in [9.17, 15) is 9.59 Å². The summed E-state index contributed by atoms with van der Waals surface area (Å²) in [5, 5.41) is 3.16. The molecule has 0 bridgehead atoms. The summed E-state index contributed by atoms with van der Waals surface area (Å²) in [6.07, 6.45) is 10.7. The van der Waals surface area contributed by atoms with E-state index in [0.717, 1.165) is 50.0 Å². The van der Waals surface area contributed by atoms with Crippen LogP contribution in [0.25, 0.3) is 6.08 Å². The Balaban J connectivity index is 1.09. The summed E-state index contributed by atoms with van der Waals surface area (Å²) in [5.74, 6) is 1.24. The Hall–Kier alpha value is -2.17. The fourth-order valence-corrected chi connectivity index (χ4v) is 5.26. The molecular weight excluding hydrogens is 350 g/mol. The molecule has 1 aromatic heterocycles. The Morgan fingerprint density at radius 2 is 2.00 bits per heavy atom. The molecule has 28 heavy (non-hydrogen) atoms. The standard InChI is InChI=1S/C23H29N3O2/c1-22(2)12-19(22)21(28)26-7-4-23(5-8-26)11-18(23)14-25-20(27)16-9-15-3-6-24-13-17(15)10-16/h3,6,10,13,18-19H,4-5,7-9,11-12,14H2,1-2H3,(H,25,27). The molecular formula is C23H29N3O2. The van der Waals surface area contributed by atoms with E-state index in [4.69, 9.17) is 0 Å². The van der Waals surface area contributed by atoms with Gasteiger partial charge < -0.3 is 10.2 Å². The lowest BCUT2D eigenvalue weighted by molar-refractivity contribution is -0.135. The third-order valence-corrected chi connectivity index (χ3v) is 7.70. The van der Waals surface area contributed by atoms with Crippen LogP contribution < -0.4 is 5.32 Å². The van der Waals surface area contributed by atoms with Crippen molar-refractivity contribution in [2.45, 2.75) is 46.0 Å². The summed E-state index contributed by atoms with van der Waals surface area (Å²) in [6.45, 7) is 6.92. The van der Waals surface area contributed by atoms with Gasteiger partial charge in [-0.15, -0.1) is 0 Å². The highest BCUT2D eigenvalue weighted by atomic mass is 16.2. The number of carbonyl (C=O) groups excluding carboxylic acids is 2. The van der Waals surface area contributed by atoms with Crippen molar-refractivity contribution in [1.82, 2.24) is 15.2 Å². The first-order valence-electron chi connectivity index (χ1n) is 10.6. The Morgan fingerprint density at radius 3 is 2.68 bits per heavy atom. The molecule has 2 atom stereocenters. The number of amides is 2. The Morgan fingerprint density at radius 1 is 1.25 bits per heavy atom. The van der Waals surface area contributed by atoms with E-state index in [1.807, 2.05) is 18.3 Å². The molecule has 2 unspecified atom stereocenters. The number of carbonyl (C=O) groups is 2. The highest BCUT2D eigenvalue weighted by Gasteiger charge is 2.57. The van der Waals surface area contributed by atoms with E-state index < -0.39 is 0 Å². The first-order chi connectivity index (χ1) is 13.4. The van der Waals surface area contributed by atoms with Crippen LogP contribution in [0.2, 0.25) is 0 Å². The van der Waals surface area contributed by atoms with Gasteiger partial charge in [-0.3, -0.25) is 14.6 Å². The Bertz CT molecular complexity index is 864. The fraction of sp³-hybridized carbons (Fsp3) is 0.609. The minimum Gasteiger partial charge on any atom is -0.352 e. The quantitative estimate of drug-likeness (QED) is 0.875. The molecule has 148 valence electrons. The predicted octanol–water partition coefficient (Wildman–Crippen LogP) is 2.81. The number of nitrogens with one attached hydrogen (secondary N) is 1. The lowest BCUT2D eigenvalue weighted by Gasteiger charge is -2.33. The van der Waals surface area contributed by atoms with Gasteiger partial charge in [-0.2, -0.15) is 0 Å². The van der Waals surface area contributed by atoms with E-state index in [2.05, 4.69) is 29.0 Å². The average Bonchev–Trinajstić information content (AvgIpc) is 3.47. The van der Waals surface area contributed by atoms with Gasteiger partial charge in [0.05, 0.1) is 0 Å².